The number of hydrogen-bond donors (Lipinski definition) is 1. The summed E-state index contributed by atoms with van der Waals surface area (Å²) in [4.78, 5) is 17.3. The summed E-state index contributed by atoms with van der Waals surface area (Å²) < 4.78 is 81.0. The first-order valence-electron chi connectivity index (χ1n) is 19.4. The predicted molar refractivity (Wildman–Crippen MR) is 198 cm³/mol. The van der Waals surface area contributed by atoms with Gasteiger partial charge in [0.05, 0.1) is 12.6 Å². The molecule has 13 heteroatoms. The van der Waals surface area contributed by atoms with Crippen molar-refractivity contribution < 1.29 is 41.1 Å². The summed E-state index contributed by atoms with van der Waals surface area (Å²) >= 11 is -1.37. The Morgan fingerprint density at radius 2 is 1.62 bits per heavy atom. The number of carbonyl (C=O) groups is 1. The maximum Gasteiger partial charge on any atom is 0.453 e. The number of aliphatic hydroxyl groups is 1. The molecule has 1 aromatic carbocycles. The lowest BCUT2D eigenvalue weighted by molar-refractivity contribution is -0.284. The number of likely N-dealkylation sites (N-methyl/N-ethyl adjacent to an activating group) is 1. The molecule has 1 N–H and O–H groups in total. The maximum absolute atomic E-state index is 13.1. The number of fused-ring (bicyclic) bond motifs is 5. The van der Waals surface area contributed by atoms with E-state index in [4.69, 9.17) is 4.74 Å². The van der Waals surface area contributed by atoms with E-state index in [0.717, 1.165) is 103 Å². The number of aliphatic hydroxyl groups excluding tert-OH is 1. The van der Waals surface area contributed by atoms with Crippen molar-refractivity contribution in [3.63, 3.8) is 0 Å². The first-order chi connectivity index (χ1) is 24.2. The number of rotatable bonds is 17. The van der Waals surface area contributed by atoms with Gasteiger partial charge in [0.25, 0.3) is 0 Å². The number of carbonyl (C=O) groups excluding carboxylic acids is 1. The molecule has 4 aliphatic rings. The van der Waals surface area contributed by atoms with Crippen LogP contribution in [-0.2, 0) is 22.4 Å². The van der Waals surface area contributed by atoms with Crippen molar-refractivity contribution in [2.45, 2.75) is 127 Å². The van der Waals surface area contributed by atoms with Crippen LogP contribution in [0.1, 0.15) is 114 Å². The SMILES string of the molecule is CN1CCN(CC(=O)Oc2ccc3c(c2)C[C@@H](CCCCCCCCC[S+]([O-])CCCC(F)(F)C(F)(F)F)[C@@H]2[C@@H]3CC[C@]3(C)[C@@H](O)CC[C@@H]23)CC1.Cl. The fraction of sp³-hybridized carbons (Fsp3) is 0.821. The molecule has 3 fully saturated rings. The van der Waals surface area contributed by atoms with Crippen molar-refractivity contribution in [1.29, 1.82) is 0 Å². The van der Waals surface area contributed by atoms with Gasteiger partial charge in [-0.1, -0.05) is 56.3 Å². The quantitative estimate of drug-likeness (QED) is 0.0562. The minimum Gasteiger partial charge on any atom is -0.616 e. The molecular formula is C39H60ClF5N2O4S. The Kier molecular flexibility index (Phi) is 16.0. The highest BCUT2D eigenvalue weighted by Gasteiger charge is 2.57. The van der Waals surface area contributed by atoms with E-state index in [1.165, 1.54) is 11.1 Å². The Hall–Kier alpha value is -1.18. The third kappa shape index (κ3) is 11.0. The van der Waals surface area contributed by atoms with Crippen LogP contribution >= 0.6 is 12.4 Å². The highest BCUT2D eigenvalue weighted by molar-refractivity contribution is 7.91. The first kappa shape index (κ1) is 43.5. The van der Waals surface area contributed by atoms with Crippen molar-refractivity contribution in [2.75, 3.05) is 51.3 Å². The summed E-state index contributed by atoms with van der Waals surface area (Å²) in [6.45, 7) is 6.25. The van der Waals surface area contributed by atoms with Crippen molar-refractivity contribution in [1.82, 2.24) is 9.80 Å². The third-order valence-electron chi connectivity index (χ3n) is 12.7. The number of piperazine rings is 1. The molecule has 1 heterocycles. The Labute approximate surface area is 316 Å². The molecule has 0 bridgehead atoms. The number of halogens is 6. The lowest BCUT2D eigenvalue weighted by atomic mass is 9.52. The number of hydrogen-bond acceptors (Lipinski definition) is 6. The minimum atomic E-state index is -5.55. The third-order valence-corrected chi connectivity index (χ3v) is 14.2. The van der Waals surface area contributed by atoms with E-state index in [-0.39, 0.29) is 35.6 Å². The van der Waals surface area contributed by atoms with Crippen LogP contribution in [0.2, 0.25) is 0 Å². The van der Waals surface area contributed by atoms with Gasteiger partial charge in [0, 0.05) is 32.6 Å². The van der Waals surface area contributed by atoms with Crippen molar-refractivity contribution in [3.8, 4) is 5.75 Å². The van der Waals surface area contributed by atoms with E-state index in [2.05, 4.69) is 35.9 Å². The molecule has 0 spiro atoms. The van der Waals surface area contributed by atoms with Crippen LogP contribution in [0.3, 0.4) is 0 Å². The van der Waals surface area contributed by atoms with Gasteiger partial charge in [0.2, 0.25) is 0 Å². The molecule has 1 unspecified atom stereocenters. The van der Waals surface area contributed by atoms with Gasteiger partial charge in [-0.2, -0.15) is 22.0 Å². The Morgan fingerprint density at radius 1 is 0.962 bits per heavy atom. The monoisotopic (exact) mass is 782 g/mol. The number of ether oxygens (including phenoxy) is 1. The molecule has 1 aliphatic heterocycles. The second-order valence-electron chi connectivity index (χ2n) is 16.2. The van der Waals surface area contributed by atoms with Crippen LogP contribution in [0.25, 0.3) is 0 Å². The lowest BCUT2D eigenvalue weighted by Gasteiger charge is -2.53. The average molecular weight is 783 g/mol. The molecule has 5 rings (SSSR count). The molecule has 6 nitrogen and oxygen atoms in total. The van der Waals surface area contributed by atoms with Crippen LogP contribution in [0, 0.1) is 23.2 Å². The second kappa shape index (κ2) is 19.1. The Balaban J connectivity index is 0.00000605. The predicted octanol–water partition coefficient (Wildman–Crippen LogP) is 8.55. The number of esters is 1. The van der Waals surface area contributed by atoms with E-state index in [1.807, 2.05) is 6.07 Å². The summed E-state index contributed by atoms with van der Waals surface area (Å²) in [6.07, 6.45) is 5.61. The number of nitrogens with zero attached hydrogens (tertiary/aromatic N) is 2. The van der Waals surface area contributed by atoms with E-state index in [1.54, 1.807) is 0 Å². The molecule has 3 aliphatic carbocycles. The largest absolute Gasteiger partial charge is 0.616 e. The average Bonchev–Trinajstić information content (AvgIpc) is 3.37. The maximum atomic E-state index is 13.1. The molecule has 52 heavy (non-hydrogen) atoms. The lowest BCUT2D eigenvalue weighted by Crippen LogP contribution is -2.47. The zero-order chi connectivity index (χ0) is 36.8. The fourth-order valence-corrected chi connectivity index (χ4v) is 10.9. The number of unbranched alkanes of at least 4 members (excludes halogenated alkanes) is 6. The molecule has 1 saturated heterocycles. The summed E-state index contributed by atoms with van der Waals surface area (Å²) in [5, 5.41) is 11.0. The molecule has 0 amide bonds. The first-order valence-corrected chi connectivity index (χ1v) is 20.9. The van der Waals surface area contributed by atoms with Gasteiger partial charge in [-0.25, -0.2) is 0 Å². The van der Waals surface area contributed by atoms with Crippen molar-refractivity contribution in [2.24, 2.45) is 23.2 Å². The molecule has 1 aromatic rings. The molecule has 0 radical (unpaired) electrons. The number of alkyl halides is 5. The molecule has 298 valence electrons. The Morgan fingerprint density at radius 3 is 2.31 bits per heavy atom. The fourth-order valence-electron chi connectivity index (χ4n) is 9.69. The van der Waals surface area contributed by atoms with E-state index < -0.39 is 36.1 Å². The van der Waals surface area contributed by atoms with Crippen LogP contribution in [0.4, 0.5) is 22.0 Å². The van der Waals surface area contributed by atoms with Crippen LogP contribution in [-0.4, -0.2) is 94.9 Å². The van der Waals surface area contributed by atoms with E-state index in [0.29, 0.717) is 48.1 Å². The van der Waals surface area contributed by atoms with Crippen LogP contribution in [0.15, 0.2) is 18.2 Å². The minimum absolute atomic E-state index is 0. The summed E-state index contributed by atoms with van der Waals surface area (Å²) in [7, 11) is 2.10. The second-order valence-corrected chi connectivity index (χ2v) is 17.9. The summed E-state index contributed by atoms with van der Waals surface area (Å²) in [6, 6.07) is 6.30. The summed E-state index contributed by atoms with van der Waals surface area (Å²) in [5.74, 6) is -2.05. The number of benzene rings is 1. The zero-order valence-electron chi connectivity index (χ0n) is 30.9. The van der Waals surface area contributed by atoms with Gasteiger partial charge in [-0.3, -0.25) is 9.69 Å². The van der Waals surface area contributed by atoms with Crippen molar-refractivity contribution in [3.05, 3.63) is 29.3 Å². The normalized spacial score (nSPS) is 28.8. The highest BCUT2D eigenvalue weighted by atomic mass is 35.5. The van der Waals surface area contributed by atoms with E-state index in [9.17, 15) is 36.4 Å². The van der Waals surface area contributed by atoms with E-state index >= 15 is 0 Å². The smallest absolute Gasteiger partial charge is 0.453 e. The van der Waals surface area contributed by atoms with Gasteiger partial charge in [-0.05, 0) is 117 Å². The Bertz CT molecular complexity index is 1290. The van der Waals surface area contributed by atoms with Gasteiger partial charge < -0.3 is 19.3 Å². The molecule has 0 aromatic heterocycles. The van der Waals surface area contributed by atoms with Gasteiger partial charge in [-0.15, -0.1) is 12.4 Å². The molecule has 2 saturated carbocycles. The molecular weight excluding hydrogens is 723 g/mol. The van der Waals surface area contributed by atoms with Gasteiger partial charge in [0.1, 0.15) is 17.3 Å². The van der Waals surface area contributed by atoms with Crippen LogP contribution < -0.4 is 4.74 Å². The zero-order valence-corrected chi connectivity index (χ0v) is 32.6. The van der Waals surface area contributed by atoms with Gasteiger partial charge in [0.15, 0.2) is 0 Å². The summed E-state index contributed by atoms with van der Waals surface area (Å²) in [5.41, 5.74) is 2.69. The van der Waals surface area contributed by atoms with Gasteiger partial charge >= 0.3 is 18.1 Å². The van der Waals surface area contributed by atoms with Crippen molar-refractivity contribution >= 4 is 29.6 Å². The van der Waals surface area contributed by atoms with Crippen LogP contribution in [0.5, 0.6) is 5.75 Å². The topological polar surface area (TPSA) is 76.1 Å². The molecule has 7 atom stereocenters. The standard InChI is InChI=1S/C39H59F5N2O4S.ClH/c1-37-18-16-32-31-13-12-30(50-35(48)27-46-21-19-45(2)20-22-46)26-29(31)25-28(36(32)33(37)14-15-34(37)47)11-8-6-4-3-5-7-9-23-51(49)24-10-17-38(40,41)39(42,43)44;/h12-13,26,28,32-34,36,47H,3-11,14-25,27H2,1-2H3;1H/t28-,32-,33+,34+,36-,37+,51?;/m1./s1. The highest BCUT2D eigenvalue weighted by Crippen LogP contribution is 2.62.